The molecule has 4 nitrogen and oxygen atoms in total. The summed E-state index contributed by atoms with van der Waals surface area (Å²) in [5.74, 6) is 0.614. The van der Waals surface area contributed by atoms with E-state index in [0.29, 0.717) is 31.1 Å². The number of carbonyl (C=O) groups excluding carboxylic acids is 1. The summed E-state index contributed by atoms with van der Waals surface area (Å²) in [4.78, 5) is 11.3. The molecule has 0 saturated carbocycles. The maximum Gasteiger partial charge on any atom is 0.405 e. The summed E-state index contributed by atoms with van der Waals surface area (Å²) < 4.78 is 46.5. The zero-order valence-corrected chi connectivity index (χ0v) is 10.6. The van der Waals surface area contributed by atoms with E-state index in [1.54, 1.807) is 18.2 Å². The topological polar surface area (TPSA) is 47.6 Å². The molecule has 1 aromatic rings. The third-order valence-corrected chi connectivity index (χ3v) is 2.73. The van der Waals surface area contributed by atoms with Crippen LogP contribution in [0.2, 0.25) is 0 Å². The maximum absolute atomic E-state index is 11.9. The van der Waals surface area contributed by atoms with Crippen LogP contribution in [-0.2, 0) is 11.2 Å². The summed E-state index contributed by atoms with van der Waals surface area (Å²) in [6, 6.07) is 5.24. The number of aryl methyl sites for hydroxylation is 1. The first kappa shape index (κ1) is 14.5. The molecule has 1 aliphatic rings. The lowest BCUT2D eigenvalue weighted by Gasteiger charge is -2.18. The average Bonchev–Trinajstić information content (AvgIpc) is 2.42. The highest BCUT2D eigenvalue weighted by Gasteiger charge is 2.27. The first-order valence-electron chi connectivity index (χ1n) is 6.16. The van der Waals surface area contributed by atoms with Gasteiger partial charge in [0.15, 0.2) is 11.5 Å². The number of rotatable bonds is 4. The molecule has 7 heteroatoms. The highest BCUT2D eigenvalue weighted by atomic mass is 19.4. The van der Waals surface area contributed by atoms with Crippen molar-refractivity contribution < 1.29 is 27.4 Å². The van der Waals surface area contributed by atoms with Gasteiger partial charge in [-0.25, -0.2) is 0 Å². The number of fused-ring (bicyclic) bond motifs is 1. The quantitative estimate of drug-likeness (QED) is 0.923. The predicted molar refractivity (Wildman–Crippen MR) is 64.8 cm³/mol. The van der Waals surface area contributed by atoms with Crippen LogP contribution in [-0.4, -0.2) is 31.8 Å². The summed E-state index contributed by atoms with van der Waals surface area (Å²) in [5, 5.41) is 1.84. The molecule has 0 saturated heterocycles. The van der Waals surface area contributed by atoms with Gasteiger partial charge in [-0.05, 0) is 24.1 Å². The van der Waals surface area contributed by atoms with Crippen molar-refractivity contribution in [1.82, 2.24) is 5.32 Å². The van der Waals surface area contributed by atoms with Gasteiger partial charge < -0.3 is 14.8 Å². The summed E-state index contributed by atoms with van der Waals surface area (Å²) in [5.41, 5.74) is 0.816. The maximum atomic E-state index is 11.9. The van der Waals surface area contributed by atoms with Gasteiger partial charge in [0.2, 0.25) is 5.91 Å². The van der Waals surface area contributed by atoms with Crippen molar-refractivity contribution >= 4 is 5.91 Å². The molecule has 0 radical (unpaired) electrons. The number of nitrogens with one attached hydrogen (secondary N) is 1. The number of alkyl halides is 3. The van der Waals surface area contributed by atoms with Gasteiger partial charge in [0.1, 0.15) is 19.8 Å². The van der Waals surface area contributed by atoms with E-state index in [1.165, 1.54) is 0 Å². The Morgan fingerprint density at radius 1 is 1.20 bits per heavy atom. The van der Waals surface area contributed by atoms with Gasteiger partial charge in [0.25, 0.3) is 0 Å². The number of hydrogen-bond acceptors (Lipinski definition) is 3. The minimum Gasteiger partial charge on any atom is -0.486 e. The first-order valence-corrected chi connectivity index (χ1v) is 6.16. The lowest BCUT2D eigenvalue weighted by atomic mass is 10.1. The molecule has 1 aromatic carbocycles. The standard InChI is InChI=1S/C13H14F3NO3/c14-13(15,16)8-17-12(18)4-2-9-1-3-10-11(7-9)20-6-5-19-10/h1,3,7H,2,4-6,8H2,(H,17,18). The Bertz CT molecular complexity index is 488. The van der Waals surface area contributed by atoms with Crippen molar-refractivity contribution in [3.63, 3.8) is 0 Å². The Morgan fingerprint density at radius 2 is 1.90 bits per heavy atom. The normalized spacial score (nSPS) is 13.9. The molecule has 0 aliphatic carbocycles. The molecule has 0 unspecified atom stereocenters. The van der Waals surface area contributed by atoms with Crippen molar-refractivity contribution in [2.45, 2.75) is 19.0 Å². The van der Waals surface area contributed by atoms with Crippen molar-refractivity contribution in [2.75, 3.05) is 19.8 Å². The Hall–Kier alpha value is -1.92. The summed E-state index contributed by atoms with van der Waals surface area (Å²) in [6.07, 6.45) is -4.04. The lowest BCUT2D eigenvalue weighted by molar-refractivity contribution is -0.138. The Balaban J connectivity index is 1.83. The van der Waals surface area contributed by atoms with E-state index in [0.717, 1.165) is 5.56 Å². The summed E-state index contributed by atoms with van der Waals surface area (Å²) in [6.45, 7) is -0.346. The van der Waals surface area contributed by atoms with Gasteiger partial charge in [0.05, 0.1) is 0 Å². The average molecular weight is 289 g/mol. The predicted octanol–water partition coefficient (Wildman–Crippen LogP) is 2.07. The molecule has 1 aliphatic heterocycles. The van der Waals surface area contributed by atoms with Crippen molar-refractivity contribution in [3.8, 4) is 11.5 Å². The smallest absolute Gasteiger partial charge is 0.405 e. The molecule has 0 spiro atoms. The second kappa shape index (κ2) is 6.02. The molecule has 2 rings (SSSR count). The monoisotopic (exact) mass is 289 g/mol. The van der Waals surface area contributed by atoms with E-state index in [9.17, 15) is 18.0 Å². The highest BCUT2D eigenvalue weighted by Crippen LogP contribution is 2.31. The molecule has 1 amide bonds. The van der Waals surface area contributed by atoms with Crippen molar-refractivity contribution in [2.24, 2.45) is 0 Å². The number of benzene rings is 1. The van der Waals surface area contributed by atoms with Crippen LogP contribution in [0.4, 0.5) is 13.2 Å². The van der Waals surface area contributed by atoms with E-state index < -0.39 is 18.6 Å². The second-order valence-corrected chi connectivity index (χ2v) is 4.37. The molecule has 1 heterocycles. The minimum absolute atomic E-state index is 0.00424. The van der Waals surface area contributed by atoms with Gasteiger partial charge in [-0.2, -0.15) is 13.2 Å². The number of carbonyl (C=O) groups is 1. The van der Waals surface area contributed by atoms with E-state index in [4.69, 9.17) is 9.47 Å². The first-order chi connectivity index (χ1) is 9.44. The van der Waals surface area contributed by atoms with Crippen LogP contribution in [0.3, 0.4) is 0 Å². The SMILES string of the molecule is O=C(CCc1ccc2c(c1)OCCO2)NCC(F)(F)F. The molecular formula is C13H14F3NO3. The summed E-state index contributed by atoms with van der Waals surface area (Å²) >= 11 is 0. The molecule has 20 heavy (non-hydrogen) atoms. The Kier molecular flexibility index (Phi) is 4.36. The molecule has 0 bridgehead atoms. The fraction of sp³-hybridized carbons (Fsp3) is 0.462. The zero-order valence-electron chi connectivity index (χ0n) is 10.6. The highest BCUT2D eigenvalue weighted by molar-refractivity contribution is 5.76. The summed E-state index contributed by atoms with van der Waals surface area (Å²) in [7, 11) is 0. The van der Waals surface area contributed by atoms with Crippen LogP contribution in [0.15, 0.2) is 18.2 Å². The fourth-order valence-electron chi connectivity index (χ4n) is 1.79. The van der Waals surface area contributed by atoms with Crippen LogP contribution >= 0.6 is 0 Å². The largest absolute Gasteiger partial charge is 0.486 e. The van der Waals surface area contributed by atoms with Gasteiger partial charge >= 0.3 is 6.18 Å². The minimum atomic E-state index is -4.38. The van der Waals surface area contributed by atoms with Crippen molar-refractivity contribution in [3.05, 3.63) is 23.8 Å². The van der Waals surface area contributed by atoms with Gasteiger partial charge in [-0.15, -0.1) is 0 Å². The van der Waals surface area contributed by atoms with E-state index in [2.05, 4.69) is 0 Å². The van der Waals surface area contributed by atoms with Crippen molar-refractivity contribution in [1.29, 1.82) is 0 Å². The Labute approximate surface area is 113 Å². The fourth-order valence-corrected chi connectivity index (χ4v) is 1.79. The third kappa shape index (κ3) is 4.32. The van der Waals surface area contributed by atoms with Gasteiger partial charge in [-0.1, -0.05) is 6.07 Å². The van der Waals surface area contributed by atoms with Crippen LogP contribution in [0.1, 0.15) is 12.0 Å². The number of halogens is 3. The molecule has 0 fully saturated rings. The lowest BCUT2D eigenvalue weighted by Crippen LogP contribution is -2.33. The van der Waals surface area contributed by atoms with Gasteiger partial charge in [-0.3, -0.25) is 4.79 Å². The number of hydrogen-bond donors (Lipinski definition) is 1. The van der Waals surface area contributed by atoms with Gasteiger partial charge in [0, 0.05) is 6.42 Å². The molecule has 110 valence electrons. The molecule has 0 atom stereocenters. The van der Waals surface area contributed by atoms with Crippen LogP contribution in [0.5, 0.6) is 11.5 Å². The third-order valence-electron chi connectivity index (χ3n) is 2.73. The van der Waals surface area contributed by atoms with Crippen LogP contribution < -0.4 is 14.8 Å². The molecule has 0 aromatic heterocycles. The molecule has 1 N–H and O–H groups in total. The van der Waals surface area contributed by atoms with E-state index in [-0.39, 0.29) is 6.42 Å². The van der Waals surface area contributed by atoms with Crippen LogP contribution in [0, 0.1) is 0 Å². The Morgan fingerprint density at radius 3 is 2.60 bits per heavy atom. The van der Waals surface area contributed by atoms with Crippen LogP contribution in [0.25, 0.3) is 0 Å². The second-order valence-electron chi connectivity index (χ2n) is 4.37. The molecular weight excluding hydrogens is 275 g/mol. The zero-order chi connectivity index (χ0) is 14.6. The van der Waals surface area contributed by atoms with E-state index >= 15 is 0 Å². The van der Waals surface area contributed by atoms with E-state index in [1.807, 2.05) is 5.32 Å². The number of amides is 1. The number of ether oxygens (including phenoxy) is 2.